The maximum absolute atomic E-state index is 12.6. The fraction of sp³-hybridized carbons (Fsp3) is 0.417. The highest BCUT2D eigenvalue weighted by Gasteiger charge is 2.23. The molecule has 3 rings (SSSR count). The molecule has 0 radical (unpaired) electrons. The molecule has 1 atom stereocenters. The molecule has 1 fully saturated rings. The number of rotatable bonds is 7. The lowest BCUT2D eigenvalue weighted by Crippen LogP contribution is -2.31. The lowest BCUT2D eigenvalue weighted by molar-refractivity contribution is -0.158. The number of methoxy groups -OCH3 is 1. The van der Waals surface area contributed by atoms with Gasteiger partial charge in [0, 0.05) is 5.56 Å². The largest absolute Gasteiger partial charge is 0.495 e. The first kappa shape index (κ1) is 21.7. The molecule has 1 aliphatic carbocycles. The molecule has 6 nitrogen and oxygen atoms in total. The number of hydrogen-bond donors (Lipinski definition) is 1. The van der Waals surface area contributed by atoms with E-state index in [1.807, 2.05) is 25.1 Å². The van der Waals surface area contributed by atoms with E-state index in [4.69, 9.17) is 14.2 Å². The van der Waals surface area contributed by atoms with E-state index in [1.165, 1.54) is 6.42 Å². The first-order chi connectivity index (χ1) is 14.5. The second kappa shape index (κ2) is 10.1. The van der Waals surface area contributed by atoms with Gasteiger partial charge in [0.1, 0.15) is 17.6 Å². The van der Waals surface area contributed by atoms with E-state index >= 15 is 0 Å². The van der Waals surface area contributed by atoms with E-state index in [1.54, 1.807) is 38.3 Å². The molecular weight excluding hydrogens is 382 g/mol. The summed E-state index contributed by atoms with van der Waals surface area (Å²) in [7, 11) is 1.56. The van der Waals surface area contributed by atoms with Gasteiger partial charge in [0.25, 0.3) is 5.91 Å². The highest BCUT2D eigenvalue weighted by Crippen LogP contribution is 2.26. The Morgan fingerprint density at radius 2 is 1.73 bits per heavy atom. The minimum Gasteiger partial charge on any atom is -0.495 e. The minimum absolute atomic E-state index is 0.00184. The zero-order valence-corrected chi connectivity index (χ0v) is 17.8. The van der Waals surface area contributed by atoms with E-state index in [9.17, 15) is 9.59 Å². The van der Waals surface area contributed by atoms with Gasteiger partial charge in [-0.3, -0.25) is 4.79 Å². The van der Waals surface area contributed by atoms with Gasteiger partial charge in [-0.05, 0) is 81.5 Å². The number of esters is 1. The molecule has 2 aromatic carbocycles. The number of anilines is 1. The molecule has 0 heterocycles. The predicted molar refractivity (Wildman–Crippen MR) is 115 cm³/mol. The summed E-state index contributed by atoms with van der Waals surface area (Å²) in [4.78, 5) is 24.8. The Morgan fingerprint density at radius 1 is 1.03 bits per heavy atom. The maximum atomic E-state index is 12.6. The van der Waals surface area contributed by atoms with Crippen LogP contribution in [0.15, 0.2) is 42.5 Å². The Morgan fingerprint density at radius 3 is 2.40 bits per heavy atom. The Labute approximate surface area is 177 Å². The Bertz CT molecular complexity index is 872. The summed E-state index contributed by atoms with van der Waals surface area (Å²) < 4.78 is 16.5. The van der Waals surface area contributed by atoms with E-state index in [2.05, 4.69) is 5.32 Å². The van der Waals surface area contributed by atoms with Crippen LogP contribution in [0.25, 0.3) is 0 Å². The van der Waals surface area contributed by atoms with Crippen molar-refractivity contribution in [3.8, 4) is 11.5 Å². The molecule has 0 aliphatic heterocycles. The average molecular weight is 411 g/mol. The SMILES string of the molecule is COc1ccc(C)cc1NC(=O)c1ccc(O[C@H](C)C(=O)OC2CCCCC2)cc1. The molecule has 0 spiro atoms. The van der Waals surface area contributed by atoms with Crippen molar-refractivity contribution in [1.29, 1.82) is 0 Å². The van der Waals surface area contributed by atoms with E-state index in [0.29, 0.717) is 22.7 Å². The van der Waals surface area contributed by atoms with Gasteiger partial charge in [-0.15, -0.1) is 0 Å². The van der Waals surface area contributed by atoms with Crippen molar-refractivity contribution < 1.29 is 23.8 Å². The highest BCUT2D eigenvalue weighted by atomic mass is 16.6. The van der Waals surface area contributed by atoms with Crippen molar-refractivity contribution in [2.45, 2.75) is 58.2 Å². The topological polar surface area (TPSA) is 73.9 Å². The summed E-state index contributed by atoms with van der Waals surface area (Å²) in [5, 5.41) is 2.86. The summed E-state index contributed by atoms with van der Waals surface area (Å²) in [5.41, 5.74) is 2.11. The number of ether oxygens (including phenoxy) is 3. The van der Waals surface area contributed by atoms with Crippen molar-refractivity contribution in [2.75, 3.05) is 12.4 Å². The third-order valence-corrected chi connectivity index (χ3v) is 5.20. The van der Waals surface area contributed by atoms with Crippen LogP contribution >= 0.6 is 0 Å². The van der Waals surface area contributed by atoms with Gasteiger partial charge in [-0.2, -0.15) is 0 Å². The van der Waals surface area contributed by atoms with Gasteiger partial charge in [0.2, 0.25) is 0 Å². The van der Waals surface area contributed by atoms with Crippen molar-refractivity contribution in [3.63, 3.8) is 0 Å². The summed E-state index contributed by atoms with van der Waals surface area (Å²) in [6.07, 6.45) is 4.56. The van der Waals surface area contributed by atoms with Crippen LogP contribution in [0, 0.1) is 6.92 Å². The molecule has 1 saturated carbocycles. The quantitative estimate of drug-likeness (QED) is 0.656. The molecular formula is C24H29NO5. The zero-order chi connectivity index (χ0) is 21.5. The third-order valence-electron chi connectivity index (χ3n) is 5.20. The molecule has 1 aliphatic rings. The van der Waals surface area contributed by atoms with Crippen molar-refractivity contribution >= 4 is 17.6 Å². The van der Waals surface area contributed by atoms with Gasteiger partial charge < -0.3 is 19.5 Å². The van der Waals surface area contributed by atoms with Crippen LogP contribution in [0.5, 0.6) is 11.5 Å². The number of benzene rings is 2. The Hall–Kier alpha value is -3.02. The number of aryl methyl sites for hydroxylation is 1. The highest BCUT2D eigenvalue weighted by molar-refractivity contribution is 6.05. The summed E-state index contributed by atoms with van der Waals surface area (Å²) in [6.45, 7) is 3.62. The molecule has 30 heavy (non-hydrogen) atoms. The second-order valence-electron chi connectivity index (χ2n) is 7.64. The van der Waals surface area contributed by atoms with Gasteiger partial charge in [-0.25, -0.2) is 4.79 Å². The first-order valence-electron chi connectivity index (χ1n) is 10.4. The molecule has 1 N–H and O–H groups in total. The number of nitrogens with one attached hydrogen (secondary N) is 1. The van der Waals surface area contributed by atoms with E-state index in [-0.39, 0.29) is 18.0 Å². The number of amides is 1. The molecule has 0 aromatic heterocycles. The van der Waals surface area contributed by atoms with Crippen molar-refractivity contribution in [1.82, 2.24) is 0 Å². The van der Waals surface area contributed by atoms with Crippen LogP contribution < -0.4 is 14.8 Å². The van der Waals surface area contributed by atoms with Crippen LogP contribution in [0.1, 0.15) is 54.9 Å². The van der Waals surface area contributed by atoms with Gasteiger partial charge >= 0.3 is 5.97 Å². The smallest absolute Gasteiger partial charge is 0.347 e. The van der Waals surface area contributed by atoms with Crippen molar-refractivity contribution in [3.05, 3.63) is 53.6 Å². The average Bonchev–Trinajstić information content (AvgIpc) is 2.75. The lowest BCUT2D eigenvalue weighted by atomic mass is 9.98. The maximum Gasteiger partial charge on any atom is 0.347 e. The molecule has 0 bridgehead atoms. The molecule has 6 heteroatoms. The number of carbonyl (C=O) groups is 2. The molecule has 0 saturated heterocycles. The van der Waals surface area contributed by atoms with Gasteiger partial charge in [0.15, 0.2) is 6.10 Å². The Kier molecular flexibility index (Phi) is 7.33. The van der Waals surface area contributed by atoms with Crippen LogP contribution in [-0.4, -0.2) is 31.2 Å². The monoisotopic (exact) mass is 411 g/mol. The predicted octanol–water partition coefficient (Wildman–Crippen LogP) is 4.90. The molecule has 0 unspecified atom stereocenters. The zero-order valence-electron chi connectivity index (χ0n) is 17.8. The summed E-state index contributed by atoms with van der Waals surface area (Å²) in [5.74, 6) is 0.498. The minimum atomic E-state index is -0.705. The van der Waals surface area contributed by atoms with Crippen LogP contribution in [-0.2, 0) is 9.53 Å². The number of hydrogen-bond acceptors (Lipinski definition) is 5. The van der Waals surface area contributed by atoms with Gasteiger partial charge in [0.05, 0.1) is 12.8 Å². The fourth-order valence-corrected chi connectivity index (χ4v) is 3.49. The van der Waals surface area contributed by atoms with Crippen LogP contribution in [0.3, 0.4) is 0 Å². The summed E-state index contributed by atoms with van der Waals surface area (Å²) in [6, 6.07) is 12.3. The molecule has 2 aromatic rings. The third kappa shape index (κ3) is 5.75. The second-order valence-corrected chi connectivity index (χ2v) is 7.64. The Balaban J connectivity index is 1.57. The summed E-state index contributed by atoms with van der Waals surface area (Å²) >= 11 is 0. The lowest BCUT2D eigenvalue weighted by Gasteiger charge is -2.23. The van der Waals surface area contributed by atoms with E-state index < -0.39 is 6.10 Å². The van der Waals surface area contributed by atoms with Crippen LogP contribution in [0.2, 0.25) is 0 Å². The van der Waals surface area contributed by atoms with Crippen LogP contribution in [0.4, 0.5) is 5.69 Å². The van der Waals surface area contributed by atoms with Crippen molar-refractivity contribution in [2.24, 2.45) is 0 Å². The number of carbonyl (C=O) groups excluding carboxylic acids is 2. The van der Waals surface area contributed by atoms with E-state index in [0.717, 1.165) is 31.2 Å². The molecule has 160 valence electrons. The molecule has 1 amide bonds. The normalized spacial score (nSPS) is 15.2. The fourth-order valence-electron chi connectivity index (χ4n) is 3.49. The first-order valence-corrected chi connectivity index (χ1v) is 10.4. The standard InChI is InChI=1S/C24H29NO5/c1-16-9-14-22(28-3)21(15-16)25-23(26)18-10-12-20(13-11-18)29-17(2)24(27)30-19-7-5-4-6-8-19/h9-15,17,19H,4-8H2,1-3H3,(H,25,26)/t17-/m1/s1. The van der Waals surface area contributed by atoms with Gasteiger partial charge in [-0.1, -0.05) is 12.5 Å².